The van der Waals surface area contributed by atoms with Crippen LogP contribution < -0.4 is 0 Å². The summed E-state index contributed by atoms with van der Waals surface area (Å²) in [7, 11) is 1.68. The third-order valence-corrected chi connectivity index (χ3v) is 5.80. The van der Waals surface area contributed by atoms with Crippen LogP contribution in [-0.4, -0.2) is 27.8 Å². The summed E-state index contributed by atoms with van der Waals surface area (Å²) in [6, 6.07) is 9.93. The number of rotatable bonds is 5. The van der Waals surface area contributed by atoms with Gasteiger partial charge in [0.05, 0.1) is 15.8 Å². The molecular weight excluding hydrogens is 358 g/mol. The average molecular weight is 373 g/mol. The number of amides is 1. The molecular formula is C17H15N3O3S2. The summed E-state index contributed by atoms with van der Waals surface area (Å²) in [6.07, 6.45) is 0. The van der Waals surface area contributed by atoms with Gasteiger partial charge >= 0.3 is 0 Å². The molecule has 2 aromatic heterocycles. The molecule has 3 aromatic rings. The lowest BCUT2D eigenvalue weighted by molar-refractivity contribution is -0.384. The van der Waals surface area contributed by atoms with Crippen LogP contribution in [0.2, 0.25) is 0 Å². The minimum atomic E-state index is -0.439. The second-order valence-electron chi connectivity index (χ2n) is 5.46. The smallest absolute Gasteiger partial charge is 0.273 e. The van der Waals surface area contributed by atoms with Crippen LogP contribution in [0.25, 0.3) is 9.88 Å². The van der Waals surface area contributed by atoms with E-state index in [1.54, 1.807) is 40.8 Å². The lowest BCUT2D eigenvalue weighted by Gasteiger charge is -2.24. The molecule has 0 saturated heterocycles. The maximum absolute atomic E-state index is 12.7. The average Bonchev–Trinajstić information content (AvgIpc) is 3.31. The minimum absolute atomic E-state index is 0.0128. The third kappa shape index (κ3) is 3.59. The second-order valence-corrected chi connectivity index (χ2v) is 7.27. The Hall–Kier alpha value is -2.58. The van der Waals surface area contributed by atoms with Gasteiger partial charge < -0.3 is 4.90 Å². The summed E-state index contributed by atoms with van der Waals surface area (Å²) in [5.41, 5.74) is 1.10. The normalized spacial score (nSPS) is 11.9. The molecule has 6 nitrogen and oxygen atoms in total. The molecule has 2 heterocycles. The molecule has 128 valence electrons. The number of nitro groups is 1. The lowest BCUT2D eigenvalue weighted by Crippen LogP contribution is -2.29. The Morgan fingerprint density at radius 2 is 2.08 bits per heavy atom. The molecule has 0 radical (unpaired) electrons. The Morgan fingerprint density at radius 1 is 1.28 bits per heavy atom. The maximum atomic E-state index is 12.7. The van der Waals surface area contributed by atoms with Gasteiger partial charge in [0, 0.05) is 24.6 Å². The summed E-state index contributed by atoms with van der Waals surface area (Å²) < 4.78 is 0. The number of benzene rings is 1. The number of nitro benzene ring substituents is 1. The number of carbonyl (C=O) groups excluding carboxylic acids is 1. The van der Waals surface area contributed by atoms with Crippen LogP contribution in [0, 0.1) is 10.1 Å². The van der Waals surface area contributed by atoms with E-state index >= 15 is 0 Å². The van der Waals surface area contributed by atoms with Gasteiger partial charge in [0.15, 0.2) is 0 Å². The zero-order chi connectivity index (χ0) is 18.0. The molecule has 0 aliphatic heterocycles. The Morgan fingerprint density at radius 3 is 2.76 bits per heavy atom. The molecule has 0 aliphatic rings. The van der Waals surface area contributed by atoms with Crippen molar-refractivity contribution in [1.29, 1.82) is 0 Å². The number of nitrogens with zero attached hydrogens (tertiary/aromatic N) is 3. The fourth-order valence-corrected chi connectivity index (χ4v) is 3.97. The molecule has 0 unspecified atom stereocenters. The van der Waals surface area contributed by atoms with E-state index < -0.39 is 4.92 Å². The van der Waals surface area contributed by atoms with Crippen molar-refractivity contribution in [3.05, 3.63) is 68.5 Å². The number of thiazole rings is 1. The summed E-state index contributed by atoms with van der Waals surface area (Å²) in [6.45, 7) is 1.84. The highest BCUT2D eigenvalue weighted by Gasteiger charge is 2.22. The maximum Gasteiger partial charge on any atom is 0.273 e. The first-order valence-electron chi connectivity index (χ1n) is 7.48. The molecule has 8 heteroatoms. The van der Waals surface area contributed by atoms with Gasteiger partial charge in [0.1, 0.15) is 10.7 Å². The second kappa shape index (κ2) is 7.12. The molecule has 1 amide bonds. The first kappa shape index (κ1) is 17.2. The van der Waals surface area contributed by atoms with Crippen LogP contribution in [-0.2, 0) is 0 Å². The SMILES string of the molecule is C[C@H](c1cccc([N+](=O)[O-])c1)N(C)C(=O)c1csc(-c2cccs2)n1. The van der Waals surface area contributed by atoms with Crippen molar-refractivity contribution in [2.24, 2.45) is 0 Å². The monoisotopic (exact) mass is 373 g/mol. The van der Waals surface area contributed by atoms with E-state index in [2.05, 4.69) is 4.98 Å². The highest BCUT2D eigenvalue weighted by molar-refractivity contribution is 7.20. The number of thiophene rings is 1. The molecule has 0 aliphatic carbocycles. The van der Waals surface area contributed by atoms with Gasteiger partial charge in [0.2, 0.25) is 0 Å². The molecule has 0 bridgehead atoms. The van der Waals surface area contributed by atoms with Gasteiger partial charge in [-0.3, -0.25) is 14.9 Å². The molecule has 0 N–H and O–H groups in total. The fraction of sp³-hybridized carbons (Fsp3) is 0.176. The largest absolute Gasteiger partial charge is 0.334 e. The van der Waals surface area contributed by atoms with Crippen molar-refractivity contribution in [2.75, 3.05) is 7.05 Å². The Balaban J connectivity index is 1.80. The third-order valence-electron chi connectivity index (χ3n) is 3.92. The van der Waals surface area contributed by atoms with E-state index in [1.165, 1.54) is 23.5 Å². The first-order valence-corrected chi connectivity index (χ1v) is 9.24. The van der Waals surface area contributed by atoms with E-state index in [0.29, 0.717) is 11.3 Å². The Labute approximate surface area is 152 Å². The highest BCUT2D eigenvalue weighted by Crippen LogP contribution is 2.29. The molecule has 0 spiro atoms. The zero-order valence-corrected chi connectivity index (χ0v) is 15.2. The van der Waals surface area contributed by atoms with E-state index in [9.17, 15) is 14.9 Å². The van der Waals surface area contributed by atoms with Crippen LogP contribution in [0.1, 0.15) is 29.0 Å². The van der Waals surface area contributed by atoms with Crippen molar-refractivity contribution in [2.45, 2.75) is 13.0 Å². The molecule has 3 rings (SSSR count). The summed E-state index contributed by atoms with van der Waals surface area (Å²) in [5.74, 6) is -0.210. The van der Waals surface area contributed by atoms with E-state index in [-0.39, 0.29) is 17.6 Å². The quantitative estimate of drug-likeness (QED) is 0.483. The molecule has 1 atom stereocenters. The predicted octanol–water partition coefficient (Wildman–Crippen LogP) is 4.61. The highest BCUT2D eigenvalue weighted by atomic mass is 32.1. The van der Waals surface area contributed by atoms with Crippen LogP contribution in [0.3, 0.4) is 0 Å². The van der Waals surface area contributed by atoms with Crippen LogP contribution in [0.5, 0.6) is 0 Å². The van der Waals surface area contributed by atoms with Gasteiger partial charge in [-0.1, -0.05) is 18.2 Å². The summed E-state index contributed by atoms with van der Waals surface area (Å²) in [4.78, 5) is 30.2. The van der Waals surface area contributed by atoms with E-state index in [4.69, 9.17) is 0 Å². The number of carbonyl (C=O) groups is 1. The van der Waals surface area contributed by atoms with Crippen LogP contribution in [0.4, 0.5) is 5.69 Å². The van der Waals surface area contributed by atoms with Gasteiger partial charge in [-0.2, -0.15) is 0 Å². The van der Waals surface area contributed by atoms with Gasteiger partial charge in [-0.25, -0.2) is 4.98 Å². The zero-order valence-electron chi connectivity index (χ0n) is 13.6. The number of hydrogen-bond donors (Lipinski definition) is 0. The van der Waals surface area contributed by atoms with Gasteiger partial charge in [0.25, 0.3) is 11.6 Å². The van der Waals surface area contributed by atoms with Crippen molar-refractivity contribution in [3.63, 3.8) is 0 Å². The minimum Gasteiger partial charge on any atom is -0.334 e. The van der Waals surface area contributed by atoms with Crippen molar-refractivity contribution in [1.82, 2.24) is 9.88 Å². The number of hydrogen-bond acceptors (Lipinski definition) is 6. The molecule has 25 heavy (non-hydrogen) atoms. The standard InChI is InChI=1S/C17H15N3O3S2/c1-11(12-5-3-6-13(9-12)20(22)23)19(2)17(21)14-10-25-16(18-14)15-7-4-8-24-15/h3-11H,1-2H3/t11-/m1/s1. The Bertz CT molecular complexity index is 906. The van der Waals surface area contributed by atoms with Crippen molar-refractivity contribution >= 4 is 34.3 Å². The molecule has 1 aromatic carbocycles. The van der Waals surface area contributed by atoms with Crippen LogP contribution >= 0.6 is 22.7 Å². The summed E-state index contributed by atoms with van der Waals surface area (Å²) >= 11 is 3.01. The fourth-order valence-electron chi connectivity index (χ4n) is 2.36. The van der Waals surface area contributed by atoms with Gasteiger partial charge in [-0.15, -0.1) is 22.7 Å². The number of non-ortho nitro benzene ring substituents is 1. The lowest BCUT2D eigenvalue weighted by atomic mass is 10.1. The topological polar surface area (TPSA) is 76.3 Å². The molecule has 0 saturated carbocycles. The van der Waals surface area contributed by atoms with Crippen LogP contribution in [0.15, 0.2) is 47.2 Å². The van der Waals surface area contributed by atoms with Crippen molar-refractivity contribution in [3.8, 4) is 9.88 Å². The number of aromatic nitrogens is 1. The van der Waals surface area contributed by atoms with E-state index in [1.807, 2.05) is 24.4 Å². The molecule has 0 fully saturated rings. The predicted molar refractivity (Wildman–Crippen MR) is 99.0 cm³/mol. The van der Waals surface area contributed by atoms with Crippen molar-refractivity contribution < 1.29 is 9.72 Å². The first-order chi connectivity index (χ1) is 12.0. The van der Waals surface area contributed by atoms with E-state index in [0.717, 1.165) is 9.88 Å². The van der Waals surface area contributed by atoms with Gasteiger partial charge in [-0.05, 0) is 23.9 Å². The Kier molecular flexibility index (Phi) is 4.91. The summed E-state index contributed by atoms with van der Waals surface area (Å²) in [5, 5.41) is 15.5.